The van der Waals surface area contributed by atoms with Crippen LogP contribution in [0.1, 0.15) is 42.2 Å². The van der Waals surface area contributed by atoms with Gasteiger partial charge in [0.05, 0.1) is 22.4 Å². The summed E-state index contributed by atoms with van der Waals surface area (Å²) in [4.78, 5) is 38.4. The van der Waals surface area contributed by atoms with E-state index < -0.39 is 23.3 Å². The first-order valence-corrected chi connectivity index (χ1v) is 8.63. The van der Waals surface area contributed by atoms with E-state index in [9.17, 15) is 18.8 Å². The zero-order valence-electron chi connectivity index (χ0n) is 14.3. The molecule has 138 valence electrons. The molecule has 0 saturated carbocycles. The standard InChI is InChI=1S/C21H12ClFN2O3/c22-10-7-8-11(14(23)9-10)21(28)25-16-6-2-4-13-18(16)20(27)12-3-1-5-15(24)17(12)19(13)26/h1-9H,24H2,(H,25,28). The third-order valence-electron chi connectivity index (χ3n) is 4.53. The van der Waals surface area contributed by atoms with Crippen molar-refractivity contribution in [3.05, 3.63) is 93.3 Å². The lowest BCUT2D eigenvalue weighted by atomic mass is 9.82. The molecule has 1 aliphatic carbocycles. The van der Waals surface area contributed by atoms with E-state index in [1.54, 1.807) is 12.1 Å². The van der Waals surface area contributed by atoms with Crippen molar-refractivity contribution < 1.29 is 18.8 Å². The van der Waals surface area contributed by atoms with Crippen LogP contribution >= 0.6 is 11.6 Å². The minimum atomic E-state index is -0.796. The van der Waals surface area contributed by atoms with Gasteiger partial charge in [0.15, 0.2) is 11.6 Å². The molecule has 0 radical (unpaired) electrons. The van der Waals surface area contributed by atoms with Gasteiger partial charge in [0, 0.05) is 21.8 Å². The Morgan fingerprint density at radius 1 is 0.929 bits per heavy atom. The number of amides is 1. The molecule has 0 saturated heterocycles. The fourth-order valence-corrected chi connectivity index (χ4v) is 3.39. The van der Waals surface area contributed by atoms with Crippen molar-refractivity contribution >= 4 is 40.4 Å². The summed E-state index contributed by atoms with van der Waals surface area (Å²) in [5.74, 6) is -2.41. The van der Waals surface area contributed by atoms with Gasteiger partial charge in [0.25, 0.3) is 5.91 Å². The number of carbonyl (C=O) groups excluding carboxylic acids is 3. The first kappa shape index (κ1) is 17.9. The lowest BCUT2D eigenvalue weighted by molar-refractivity contribution is 0.0979. The number of hydrogen-bond acceptors (Lipinski definition) is 4. The van der Waals surface area contributed by atoms with Crippen molar-refractivity contribution in [2.45, 2.75) is 0 Å². The Balaban J connectivity index is 1.79. The average Bonchev–Trinajstić information content (AvgIpc) is 2.65. The van der Waals surface area contributed by atoms with Crippen LogP contribution in [0.4, 0.5) is 15.8 Å². The largest absolute Gasteiger partial charge is 0.398 e. The Kier molecular flexibility index (Phi) is 4.20. The third kappa shape index (κ3) is 2.75. The van der Waals surface area contributed by atoms with E-state index in [1.807, 2.05) is 0 Å². The zero-order chi connectivity index (χ0) is 20.0. The van der Waals surface area contributed by atoms with Gasteiger partial charge < -0.3 is 11.1 Å². The Morgan fingerprint density at radius 2 is 1.57 bits per heavy atom. The quantitative estimate of drug-likeness (QED) is 0.501. The monoisotopic (exact) mass is 394 g/mol. The van der Waals surface area contributed by atoms with Crippen LogP contribution in [-0.4, -0.2) is 17.5 Å². The number of fused-ring (bicyclic) bond motifs is 2. The maximum absolute atomic E-state index is 14.0. The van der Waals surface area contributed by atoms with Crippen LogP contribution in [0.3, 0.4) is 0 Å². The molecule has 0 aromatic heterocycles. The van der Waals surface area contributed by atoms with Crippen LogP contribution in [0.15, 0.2) is 54.6 Å². The Labute approximate surface area is 163 Å². The summed E-state index contributed by atoms with van der Waals surface area (Å²) in [5, 5.41) is 2.67. The molecule has 4 rings (SSSR count). The van der Waals surface area contributed by atoms with Crippen molar-refractivity contribution in [1.82, 2.24) is 0 Å². The topological polar surface area (TPSA) is 89.3 Å². The number of nitrogens with one attached hydrogen (secondary N) is 1. The van der Waals surface area contributed by atoms with Gasteiger partial charge in [-0.25, -0.2) is 4.39 Å². The van der Waals surface area contributed by atoms with Gasteiger partial charge in [-0.05, 0) is 30.3 Å². The fraction of sp³-hybridized carbons (Fsp3) is 0. The molecule has 3 aromatic carbocycles. The maximum Gasteiger partial charge on any atom is 0.258 e. The molecule has 0 unspecified atom stereocenters. The molecule has 0 heterocycles. The van der Waals surface area contributed by atoms with Crippen LogP contribution in [0.5, 0.6) is 0 Å². The molecule has 0 aliphatic heterocycles. The molecule has 1 amide bonds. The normalized spacial score (nSPS) is 12.4. The van der Waals surface area contributed by atoms with Gasteiger partial charge >= 0.3 is 0 Å². The van der Waals surface area contributed by atoms with Crippen LogP contribution in [0, 0.1) is 5.82 Å². The number of nitrogens with two attached hydrogens (primary N) is 1. The molecule has 28 heavy (non-hydrogen) atoms. The second-order valence-electron chi connectivity index (χ2n) is 6.23. The minimum absolute atomic E-state index is 0.0494. The highest BCUT2D eigenvalue weighted by molar-refractivity contribution is 6.32. The van der Waals surface area contributed by atoms with Gasteiger partial charge in [-0.2, -0.15) is 0 Å². The van der Waals surface area contributed by atoms with Crippen molar-refractivity contribution in [2.24, 2.45) is 0 Å². The van der Waals surface area contributed by atoms with Crippen LogP contribution in [-0.2, 0) is 0 Å². The maximum atomic E-state index is 14.0. The summed E-state index contributed by atoms with van der Waals surface area (Å²) in [6, 6.07) is 12.8. The first-order valence-electron chi connectivity index (χ1n) is 8.26. The van der Waals surface area contributed by atoms with E-state index in [1.165, 1.54) is 36.4 Å². The van der Waals surface area contributed by atoms with Crippen molar-refractivity contribution in [3.63, 3.8) is 0 Å². The molecular weight excluding hydrogens is 383 g/mol. The van der Waals surface area contributed by atoms with Crippen molar-refractivity contribution in [1.29, 1.82) is 0 Å². The second-order valence-corrected chi connectivity index (χ2v) is 6.67. The molecule has 0 spiro atoms. The van der Waals surface area contributed by atoms with Crippen molar-refractivity contribution in [2.75, 3.05) is 11.1 Å². The Hall–Kier alpha value is -3.51. The summed E-state index contributed by atoms with van der Waals surface area (Å²) < 4.78 is 14.0. The van der Waals surface area contributed by atoms with Gasteiger partial charge in [-0.1, -0.05) is 35.9 Å². The number of nitrogen functional groups attached to an aromatic ring is 1. The van der Waals surface area contributed by atoms with Gasteiger partial charge in [-0.15, -0.1) is 0 Å². The molecule has 3 N–H and O–H groups in total. The molecule has 1 aliphatic rings. The molecule has 0 atom stereocenters. The predicted octanol–water partition coefficient (Wildman–Crippen LogP) is 4.09. The van der Waals surface area contributed by atoms with Crippen LogP contribution in [0.2, 0.25) is 5.02 Å². The second kappa shape index (κ2) is 6.58. The number of benzene rings is 3. The zero-order valence-corrected chi connectivity index (χ0v) is 15.0. The summed E-state index contributed by atoms with van der Waals surface area (Å²) >= 11 is 5.71. The average molecular weight is 395 g/mol. The van der Waals surface area contributed by atoms with Gasteiger partial charge in [-0.3, -0.25) is 14.4 Å². The molecule has 3 aromatic rings. The number of rotatable bonds is 2. The van der Waals surface area contributed by atoms with Crippen LogP contribution in [0.25, 0.3) is 0 Å². The van der Waals surface area contributed by atoms with Crippen LogP contribution < -0.4 is 11.1 Å². The summed E-state index contributed by atoms with van der Waals surface area (Å²) in [7, 11) is 0. The smallest absolute Gasteiger partial charge is 0.258 e. The predicted molar refractivity (Wildman–Crippen MR) is 104 cm³/mol. The van der Waals surface area contributed by atoms with E-state index in [2.05, 4.69) is 5.32 Å². The minimum Gasteiger partial charge on any atom is -0.398 e. The molecule has 7 heteroatoms. The highest BCUT2D eigenvalue weighted by Crippen LogP contribution is 2.34. The summed E-state index contributed by atoms with van der Waals surface area (Å²) in [5.41, 5.74) is 6.45. The fourth-order valence-electron chi connectivity index (χ4n) is 3.24. The number of hydrogen-bond donors (Lipinski definition) is 2. The molecule has 0 bridgehead atoms. The number of carbonyl (C=O) groups is 3. The molecular formula is C21H12ClFN2O3. The molecule has 5 nitrogen and oxygen atoms in total. The van der Waals surface area contributed by atoms with Gasteiger partial charge in [0.2, 0.25) is 0 Å². The van der Waals surface area contributed by atoms with E-state index >= 15 is 0 Å². The van der Waals surface area contributed by atoms with Gasteiger partial charge in [0.1, 0.15) is 5.82 Å². The summed E-state index contributed by atoms with van der Waals surface area (Å²) in [6.45, 7) is 0. The molecule has 0 fully saturated rings. The third-order valence-corrected chi connectivity index (χ3v) is 4.76. The van der Waals surface area contributed by atoms with E-state index in [0.29, 0.717) is 0 Å². The van der Waals surface area contributed by atoms with E-state index in [-0.39, 0.29) is 44.2 Å². The van der Waals surface area contributed by atoms with E-state index in [4.69, 9.17) is 17.3 Å². The highest BCUT2D eigenvalue weighted by Gasteiger charge is 2.33. The first-order chi connectivity index (χ1) is 13.4. The lowest BCUT2D eigenvalue weighted by Gasteiger charge is -2.21. The Bertz CT molecular complexity index is 1190. The number of anilines is 2. The van der Waals surface area contributed by atoms with Crippen molar-refractivity contribution in [3.8, 4) is 0 Å². The highest BCUT2D eigenvalue weighted by atomic mass is 35.5. The summed E-state index contributed by atoms with van der Waals surface area (Å²) in [6.07, 6.45) is 0. The van der Waals surface area contributed by atoms with E-state index in [0.717, 1.165) is 6.07 Å². The number of ketones is 2. The Morgan fingerprint density at radius 3 is 2.29 bits per heavy atom. The number of halogens is 2. The lowest BCUT2D eigenvalue weighted by Crippen LogP contribution is -2.25. The SMILES string of the molecule is Nc1cccc2c1C(=O)c1cccc(NC(=O)c3ccc(Cl)cc3F)c1C2=O.